The van der Waals surface area contributed by atoms with E-state index in [1.807, 2.05) is 40.5 Å². The predicted molar refractivity (Wildman–Crippen MR) is 73.1 cm³/mol. The van der Waals surface area contributed by atoms with Crippen molar-refractivity contribution in [2.75, 3.05) is 0 Å². The lowest BCUT2D eigenvalue weighted by Crippen LogP contribution is -2.31. The van der Waals surface area contributed by atoms with Gasteiger partial charge in [0.25, 0.3) is 0 Å². The first kappa shape index (κ1) is 9.63. The highest BCUT2D eigenvalue weighted by atomic mass is 32.1. The molecule has 0 N–H and O–H groups in total. The lowest BCUT2D eigenvalue weighted by atomic mass is 10.2. The first-order valence-corrected chi connectivity index (χ1v) is 6.96. The number of nitrogens with zero attached hydrogens (tertiary/aromatic N) is 4. The van der Waals surface area contributed by atoms with E-state index in [-0.39, 0.29) is 0 Å². The lowest BCUT2D eigenvalue weighted by Gasteiger charge is -1.91. The quantitative estimate of drug-likeness (QED) is 0.402. The molecule has 0 spiro atoms. The minimum atomic E-state index is 0.890. The average Bonchev–Trinajstić information content (AvgIpc) is 3.05. The number of fused-ring (bicyclic) bond motifs is 7. The number of thiazole rings is 1. The van der Waals surface area contributed by atoms with Gasteiger partial charge in [0.05, 0.1) is 6.20 Å². The predicted octanol–water partition coefficient (Wildman–Crippen LogP) is 2.26. The Labute approximate surface area is 112 Å². The molecule has 0 fully saturated rings. The highest BCUT2D eigenvalue weighted by Gasteiger charge is 2.31. The normalized spacial score (nSPS) is 13.1. The highest BCUT2D eigenvalue weighted by Crippen LogP contribution is 2.35. The van der Waals surface area contributed by atoms with E-state index in [0.717, 1.165) is 12.1 Å². The summed E-state index contributed by atoms with van der Waals surface area (Å²) in [6.07, 6.45) is 5.66. The van der Waals surface area contributed by atoms with Crippen LogP contribution in [-0.2, 0) is 6.54 Å². The number of hydrogen-bond donors (Lipinski definition) is 0. The molecule has 0 bridgehead atoms. The topological polar surface area (TPSA) is 34.1 Å². The molecular weight excluding hydrogens is 256 g/mol. The van der Waals surface area contributed by atoms with Gasteiger partial charge in [-0.15, -0.1) is 0 Å². The van der Waals surface area contributed by atoms with Crippen LogP contribution in [0.25, 0.3) is 26.4 Å². The molecule has 0 saturated heterocycles. The lowest BCUT2D eigenvalue weighted by molar-refractivity contribution is -0.644. The summed E-state index contributed by atoms with van der Waals surface area (Å²) in [5.74, 6) is 0. The molecule has 4 aromatic heterocycles. The van der Waals surface area contributed by atoms with Gasteiger partial charge in [-0.25, -0.2) is 4.57 Å². The number of pyridine rings is 1. The molecule has 1 aliphatic heterocycles. The summed E-state index contributed by atoms with van der Waals surface area (Å²) in [6.45, 7) is 0.890. The van der Waals surface area contributed by atoms with Crippen molar-refractivity contribution in [3.8, 4) is 10.6 Å². The van der Waals surface area contributed by atoms with Crippen LogP contribution in [0.2, 0.25) is 0 Å². The first-order chi connectivity index (χ1) is 9.42. The maximum atomic E-state index is 4.47. The largest absolute Gasteiger partial charge is 0.326 e. The molecule has 0 amide bonds. The summed E-state index contributed by atoms with van der Waals surface area (Å²) < 4.78 is 5.65. The van der Waals surface area contributed by atoms with Crippen molar-refractivity contribution < 1.29 is 4.57 Å². The number of aromatic nitrogens is 4. The van der Waals surface area contributed by atoms with E-state index in [0.29, 0.717) is 0 Å². The van der Waals surface area contributed by atoms with E-state index in [1.54, 1.807) is 0 Å². The van der Waals surface area contributed by atoms with Crippen LogP contribution < -0.4 is 4.57 Å². The molecule has 4 nitrogen and oxygen atoms in total. The molecule has 4 aromatic rings. The van der Waals surface area contributed by atoms with Crippen molar-refractivity contribution in [3.05, 3.63) is 48.4 Å². The van der Waals surface area contributed by atoms with Crippen LogP contribution in [0.5, 0.6) is 0 Å². The molecule has 5 rings (SSSR count). The van der Waals surface area contributed by atoms with E-state index >= 15 is 0 Å². The third-order valence-corrected chi connectivity index (χ3v) is 4.80. The summed E-state index contributed by atoms with van der Waals surface area (Å²) >= 11 is 1.83. The number of rotatable bonds is 0. The third kappa shape index (κ3) is 1.11. The van der Waals surface area contributed by atoms with Crippen molar-refractivity contribution >= 4 is 27.2 Å². The van der Waals surface area contributed by atoms with Crippen LogP contribution in [0, 0.1) is 0 Å². The Bertz CT molecular complexity index is 951. The zero-order chi connectivity index (χ0) is 12.4. The molecule has 1 aliphatic rings. The van der Waals surface area contributed by atoms with Crippen molar-refractivity contribution in [1.82, 2.24) is 14.6 Å². The van der Waals surface area contributed by atoms with Crippen LogP contribution in [0.1, 0.15) is 5.56 Å². The summed E-state index contributed by atoms with van der Waals surface area (Å²) in [5.41, 5.74) is 4.93. The van der Waals surface area contributed by atoms with Gasteiger partial charge in [0, 0.05) is 29.6 Å². The van der Waals surface area contributed by atoms with Crippen molar-refractivity contribution in [2.24, 2.45) is 0 Å². The van der Waals surface area contributed by atoms with Gasteiger partial charge in [0.1, 0.15) is 11.2 Å². The monoisotopic (exact) mass is 265 g/mol. The maximum absolute atomic E-state index is 4.47. The molecule has 0 aromatic carbocycles. The van der Waals surface area contributed by atoms with Crippen molar-refractivity contribution in [2.45, 2.75) is 6.54 Å². The second-order valence-electron chi connectivity index (χ2n) is 4.72. The molecule has 0 radical (unpaired) electrons. The van der Waals surface area contributed by atoms with Crippen LogP contribution in [0.4, 0.5) is 0 Å². The molecule has 0 unspecified atom stereocenters. The summed E-state index contributed by atoms with van der Waals surface area (Å²) in [6, 6.07) is 8.38. The Balaban J connectivity index is 1.94. The third-order valence-electron chi connectivity index (χ3n) is 3.65. The minimum Gasteiger partial charge on any atom is -0.264 e. The van der Waals surface area contributed by atoms with Crippen LogP contribution in [0.15, 0.2) is 42.9 Å². The van der Waals surface area contributed by atoms with Gasteiger partial charge < -0.3 is 0 Å². The fourth-order valence-corrected chi connectivity index (χ4v) is 4.08. The van der Waals surface area contributed by atoms with E-state index in [4.69, 9.17) is 0 Å². The van der Waals surface area contributed by atoms with Crippen LogP contribution >= 0.6 is 11.3 Å². The average molecular weight is 265 g/mol. The maximum Gasteiger partial charge on any atom is 0.326 e. The Morgan fingerprint density at radius 3 is 3.26 bits per heavy atom. The molecule has 0 saturated carbocycles. The zero-order valence-electron chi connectivity index (χ0n) is 9.95. The highest BCUT2D eigenvalue weighted by molar-refractivity contribution is 7.21. The number of hydrogen-bond acceptors (Lipinski definition) is 3. The summed E-state index contributed by atoms with van der Waals surface area (Å²) in [4.78, 5) is 4.22. The summed E-state index contributed by atoms with van der Waals surface area (Å²) in [7, 11) is 0. The van der Waals surface area contributed by atoms with Crippen LogP contribution in [0.3, 0.4) is 0 Å². The van der Waals surface area contributed by atoms with Gasteiger partial charge in [-0.05, 0) is 18.2 Å². The van der Waals surface area contributed by atoms with Crippen LogP contribution in [-0.4, -0.2) is 14.6 Å². The molecular formula is C14H9N4S+. The van der Waals surface area contributed by atoms with E-state index in [2.05, 4.69) is 32.8 Å². The van der Waals surface area contributed by atoms with Gasteiger partial charge in [0.2, 0.25) is 0 Å². The fourth-order valence-electron chi connectivity index (χ4n) is 2.83. The zero-order valence-corrected chi connectivity index (χ0v) is 10.8. The first-order valence-electron chi connectivity index (χ1n) is 6.14. The molecule has 0 aliphatic carbocycles. The Morgan fingerprint density at radius 2 is 2.26 bits per heavy atom. The van der Waals surface area contributed by atoms with Gasteiger partial charge in [-0.2, -0.15) is 0 Å². The van der Waals surface area contributed by atoms with E-state index < -0.39 is 0 Å². The van der Waals surface area contributed by atoms with Crippen molar-refractivity contribution in [3.63, 3.8) is 0 Å². The van der Waals surface area contributed by atoms with E-state index in [9.17, 15) is 0 Å². The SMILES string of the molecule is c1cnn2c(c1)cc1sc3[n+](c12)Cc1cnccc1-3. The second kappa shape index (κ2) is 3.19. The van der Waals surface area contributed by atoms with Gasteiger partial charge in [-0.3, -0.25) is 4.98 Å². The molecule has 5 heteroatoms. The Hall–Kier alpha value is -2.27. The smallest absolute Gasteiger partial charge is 0.264 e. The standard InChI is InChI=1S/C14H9N4S/c1-2-10-6-12-13(18(10)16-4-1)17-8-9-7-15-5-3-11(9)14(17)19-12/h1-7H,8H2/q+1. The van der Waals surface area contributed by atoms with Gasteiger partial charge in [-0.1, -0.05) is 21.0 Å². The minimum absolute atomic E-state index is 0.890. The Morgan fingerprint density at radius 1 is 1.26 bits per heavy atom. The van der Waals surface area contributed by atoms with Gasteiger partial charge in [0.15, 0.2) is 10.5 Å². The van der Waals surface area contributed by atoms with E-state index in [1.165, 1.54) is 26.5 Å². The molecule has 0 atom stereocenters. The van der Waals surface area contributed by atoms with Gasteiger partial charge >= 0.3 is 5.65 Å². The van der Waals surface area contributed by atoms with Crippen molar-refractivity contribution in [1.29, 1.82) is 0 Å². The molecule has 5 heterocycles. The Kier molecular flexibility index (Phi) is 1.62. The molecule has 90 valence electrons. The second-order valence-corrected chi connectivity index (χ2v) is 5.75. The summed E-state index contributed by atoms with van der Waals surface area (Å²) in [5, 5.41) is 5.78. The fraction of sp³-hybridized carbons (Fsp3) is 0.0714. The molecule has 19 heavy (non-hydrogen) atoms.